The third-order valence-corrected chi connectivity index (χ3v) is 7.53. The highest BCUT2D eigenvalue weighted by Crippen LogP contribution is 2.05. The number of carbonyl (C=O) groups is 1. The molecule has 0 aromatic carbocycles. The summed E-state index contributed by atoms with van der Waals surface area (Å²) < 4.78 is 49.3. The maximum atomic E-state index is 12.0. The maximum Gasteiger partial charge on any atom is 0.320 e. The van der Waals surface area contributed by atoms with Gasteiger partial charge in [-0.3, -0.25) is 9.79 Å². The van der Waals surface area contributed by atoms with E-state index >= 15 is 0 Å². The first-order chi connectivity index (χ1) is 25.9. The number of carboxylic acid groups (broad SMARTS) is 1. The predicted octanol–water partition coefficient (Wildman–Crippen LogP) is -0.117. The molecule has 0 saturated heterocycles. The second kappa shape index (κ2) is 35.6. The summed E-state index contributed by atoms with van der Waals surface area (Å²) in [6.45, 7) is 16.9. The van der Waals surface area contributed by atoms with E-state index < -0.39 is 30.3 Å². The number of aliphatic imine (C=N–C) groups is 1. The van der Waals surface area contributed by atoms with Gasteiger partial charge in [-0.05, 0) is 54.4 Å². The third kappa shape index (κ3) is 31.4. The van der Waals surface area contributed by atoms with Crippen LogP contribution in [0.3, 0.4) is 0 Å². The van der Waals surface area contributed by atoms with Gasteiger partial charge in [0.25, 0.3) is 0 Å². The molecule has 0 heterocycles. The fraction of sp³-hybridized carbons (Fsp3) is 0.944. The monoisotopic (exact) mass is 787 g/mol. The highest BCUT2D eigenvalue weighted by atomic mass is 16.6. The van der Waals surface area contributed by atoms with E-state index in [1.165, 1.54) is 0 Å². The summed E-state index contributed by atoms with van der Waals surface area (Å²) in [5.41, 5.74) is 6.31. The van der Waals surface area contributed by atoms with Crippen LogP contribution in [-0.4, -0.2) is 205 Å². The van der Waals surface area contributed by atoms with Gasteiger partial charge in [0.05, 0.1) is 122 Å². The van der Waals surface area contributed by atoms with E-state index in [1.807, 2.05) is 41.5 Å². The Labute approximate surface area is 322 Å². The number of ether oxygens (including phenoxy) is 9. The van der Waals surface area contributed by atoms with Crippen molar-refractivity contribution in [2.24, 2.45) is 10.7 Å². The molecule has 7 atom stereocenters. The highest BCUT2D eigenvalue weighted by Gasteiger charge is 2.21. The highest BCUT2D eigenvalue weighted by molar-refractivity contribution is 5.78. The molecule has 0 aromatic heterocycles. The molecule has 7 unspecified atom stereocenters. The van der Waals surface area contributed by atoms with Crippen molar-refractivity contribution in [2.45, 2.75) is 97.0 Å². The smallest absolute Gasteiger partial charge is 0.320 e. The Morgan fingerprint density at radius 3 is 1.56 bits per heavy atom. The Balaban J connectivity index is 4.97. The van der Waals surface area contributed by atoms with Crippen molar-refractivity contribution < 1.29 is 67.9 Å². The van der Waals surface area contributed by atoms with E-state index in [0.717, 1.165) is 0 Å². The van der Waals surface area contributed by atoms with Crippen LogP contribution in [0.15, 0.2) is 4.99 Å². The molecule has 0 bridgehead atoms. The number of aliphatic carboxylic acids is 1. The van der Waals surface area contributed by atoms with Crippen LogP contribution in [0.4, 0.5) is 0 Å². The van der Waals surface area contributed by atoms with Gasteiger partial charge in [0, 0.05) is 39.5 Å². The number of hydrogen-bond donors (Lipinski definition) is 6. The second-order valence-corrected chi connectivity index (χ2v) is 12.8. The van der Waals surface area contributed by atoms with Crippen LogP contribution < -0.4 is 11.1 Å². The van der Waals surface area contributed by atoms with Crippen LogP contribution >= 0.6 is 0 Å². The molecule has 0 radical (unpaired) electrons. The lowest BCUT2D eigenvalue weighted by atomic mass is 10.1. The molecule has 18 heteroatoms. The van der Waals surface area contributed by atoms with Crippen molar-refractivity contribution in [3.05, 3.63) is 0 Å². The summed E-state index contributed by atoms with van der Waals surface area (Å²) in [6.07, 6.45) is -2.47. The Morgan fingerprint density at radius 1 is 0.667 bits per heavy atom. The molecule has 54 heavy (non-hydrogen) atoms. The first kappa shape index (κ1) is 52.2. The van der Waals surface area contributed by atoms with Gasteiger partial charge in [0.2, 0.25) is 0 Å². The lowest BCUT2D eigenvalue weighted by Crippen LogP contribution is -2.45. The average Bonchev–Trinajstić information content (AvgIpc) is 3.14. The molecule has 322 valence electrons. The van der Waals surface area contributed by atoms with E-state index in [0.29, 0.717) is 65.9 Å². The van der Waals surface area contributed by atoms with Crippen LogP contribution in [0.1, 0.15) is 54.4 Å². The van der Waals surface area contributed by atoms with Gasteiger partial charge in [-0.15, -0.1) is 0 Å². The lowest BCUT2D eigenvalue weighted by molar-refractivity contribution is -0.139. The molecule has 7 N–H and O–H groups in total. The molecule has 0 aliphatic carbocycles. The summed E-state index contributed by atoms with van der Waals surface area (Å²) in [5, 5.41) is 44.2. The summed E-state index contributed by atoms with van der Waals surface area (Å²) in [6, 6.07) is -0.953. The number of hydrogen-bond acceptors (Lipinski definition) is 15. The molecule has 0 spiro atoms. The summed E-state index contributed by atoms with van der Waals surface area (Å²) in [5.74, 6) is -1.01. The van der Waals surface area contributed by atoms with Gasteiger partial charge in [-0.1, -0.05) is 0 Å². The zero-order valence-corrected chi connectivity index (χ0v) is 33.7. The van der Waals surface area contributed by atoms with Gasteiger partial charge in [-0.2, -0.15) is 0 Å². The fourth-order valence-electron chi connectivity index (χ4n) is 4.67. The zero-order valence-electron chi connectivity index (χ0n) is 33.7. The fourth-order valence-corrected chi connectivity index (χ4v) is 4.67. The standard InChI is InChI=1S/C36H74N4O14/c1-7-46-22-28(4)52-16-13-49-25-31(41)19-38-34(35(44)45)11-10-12-40(21-33(43)27-51-15-18-54-30(6)24-48-9-3)36(37)39-20-32(42)26-50-14-17-53-29(5)23-47-8-2/h28-34,38,41-43H,7-27H2,1-6H3,(H2,37,39)(H,44,45). The number of rotatable bonds is 39. The largest absolute Gasteiger partial charge is 0.480 e. The van der Waals surface area contributed by atoms with Crippen LogP contribution in [0.2, 0.25) is 0 Å². The van der Waals surface area contributed by atoms with Crippen LogP contribution in [0, 0.1) is 0 Å². The normalized spacial score (nSPS) is 16.1. The second-order valence-electron chi connectivity index (χ2n) is 12.8. The molecule has 18 nitrogen and oxygen atoms in total. The minimum Gasteiger partial charge on any atom is -0.480 e. The van der Waals surface area contributed by atoms with Crippen molar-refractivity contribution in [1.82, 2.24) is 10.2 Å². The zero-order chi connectivity index (χ0) is 40.4. The summed E-state index contributed by atoms with van der Waals surface area (Å²) >= 11 is 0. The maximum absolute atomic E-state index is 12.0. The minimum atomic E-state index is -1.07. The number of nitrogens with two attached hydrogens (primary N) is 1. The molecule has 0 aliphatic heterocycles. The Hall–Kier alpha value is -1.78. The number of aliphatic hydroxyl groups excluding tert-OH is 3. The van der Waals surface area contributed by atoms with Gasteiger partial charge >= 0.3 is 5.97 Å². The molecule has 0 saturated carbocycles. The van der Waals surface area contributed by atoms with E-state index in [4.69, 9.17) is 48.4 Å². The predicted molar refractivity (Wildman–Crippen MR) is 203 cm³/mol. The van der Waals surface area contributed by atoms with Crippen molar-refractivity contribution >= 4 is 11.9 Å². The van der Waals surface area contributed by atoms with Crippen LogP contribution in [0.25, 0.3) is 0 Å². The van der Waals surface area contributed by atoms with Crippen LogP contribution in [-0.2, 0) is 47.4 Å². The van der Waals surface area contributed by atoms with E-state index in [1.54, 1.807) is 4.90 Å². The lowest BCUT2D eigenvalue weighted by Gasteiger charge is -2.27. The van der Waals surface area contributed by atoms with Crippen molar-refractivity contribution in [3.63, 3.8) is 0 Å². The van der Waals surface area contributed by atoms with Gasteiger partial charge in [0.1, 0.15) is 6.04 Å². The quantitative estimate of drug-likeness (QED) is 0.0271. The molecule has 0 aliphatic rings. The van der Waals surface area contributed by atoms with Crippen molar-refractivity contribution in [3.8, 4) is 0 Å². The Morgan fingerprint density at radius 2 is 1.11 bits per heavy atom. The number of aliphatic hydroxyl groups is 3. The molecule has 0 aromatic rings. The van der Waals surface area contributed by atoms with Gasteiger partial charge < -0.3 is 79.0 Å². The molecular formula is C36H74N4O14. The molecule has 0 amide bonds. The summed E-state index contributed by atoms with van der Waals surface area (Å²) in [7, 11) is 0. The van der Waals surface area contributed by atoms with Gasteiger partial charge in [0.15, 0.2) is 5.96 Å². The molecule has 0 fully saturated rings. The molecular weight excluding hydrogens is 712 g/mol. The number of nitrogens with one attached hydrogen (secondary N) is 1. The first-order valence-electron chi connectivity index (χ1n) is 19.3. The van der Waals surface area contributed by atoms with E-state index in [2.05, 4.69) is 10.3 Å². The van der Waals surface area contributed by atoms with Crippen molar-refractivity contribution in [2.75, 3.05) is 125 Å². The van der Waals surface area contributed by atoms with Gasteiger partial charge in [-0.25, -0.2) is 0 Å². The Kier molecular flexibility index (Phi) is 34.4. The Bertz CT molecular complexity index is 896. The number of guanidine groups is 1. The molecule has 0 rings (SSSR count). The SMILES string of the molecule is CCOCC(C)OCCOCC(O)CN=C(N)N(CCCC(NCC(O)COCCOC(C)COCC)C(=O)O)CC(O)COCCOC(C)COCC. The number of nitrogens with zero attached hydrogens (tertiary/aromatic N) is 2. The number of carboxylic acids is 1. The van der Waals surface area contributed by atoms with Crippen LogP contribution in [0.5, 0.6) is 0 Å². The third-order valence-electron chi connectivity index (χ3n) is 7.53. The van der Waals surface area contributed by atoms with E-state index in [-0.39, 0.29) is 96.5 Å². The van der Waals surface area contributed by atoms with E-state index in [9.17, 15) is 25.2 Å². The first-order valence-corrected chi connectivity index (χ1v) is 19.3. The van der Waals surface area contributed by atoms with Crippen molar-refractivity contribution in [1.29, 1.82) is 0 Å². The summed E-state index contributed by atoms with van der Waals surface area (Å²) in [4.78, 5) is 17.9. The topological polar surface area (TPSA) is 235 Å². The average molecular weight is 787 g/mol. The minimum absolute atomic E-state index is 0.00634.